The van der Waals surface area contributed by atoms with Crippen molar-refractivity contribution in [2.24, 2.45) is 0 Å². The molecule has 0 unspecified atom stereocenters. The third-order valence-corrected chi connectivity index (χ3v) is 6.64. The van der Waals surface area contributed by atoms with Crippen molar-refractivity contribution < 1.29 is 17.5 Å². The van der Waals surface area contributed by atoms with Crippen molar-refractivity contribution in [3.8, 4) is 0 Å². The van der Waals surface area contributed by atoms with Crippen LogP contribution in [0.1, 0.15) is 19.7 Å². The number of ether oxygens (including phenoxy) is 1. The lowest BCUT2D eigenvalue weighted by molar-refractivity contribution is -0.00539. The summed E-state index contributed by atoms with van der Waals surface area (Å²) < 4.78 is 45.9. The largest absolute Gasteiger partial charge is 0.384 e. The molecular weight excluding hydrogens is 397 g/mol. The number of fused-ring (bicyclic) bond motifs is 1. The van der Waals surface area contributed by atoms with E-state index in [-0.39, 0.29) is 33.3 Å². The van der Waals surface area contributed by atoms with Gasteiger partial charge in [-0.1, -0.05) is 6.07 Å². The lowest BCUT2D eigenvalue weighted by atomic mass is 10.2. The Morgan fingerprint density at radius 2 is 1.93 bits per heavy atom. The second-order valence-electron chi connectivity index (χ2n) is 7.31. The minimum atomic E-state index is -4.09. The number of sulfone groups is 1. The number of morpholine rings is 1. The van der Waals surface area contributed by atoms with E-state index >= 15 is 0 Å². The van der Waals surface area contributed by atoms with Gasteiger partial charge < -0.3 is 20.4 Å². The van der Waals surface area contributed by atoms with Gasteiger partial charge in [0.1, 0.15) is 33.4 Å². The predicted octanol–water partition coefficient (Wildman–Crippen LogP) is 2.43. The van der Waals surface area contributed by atoms with E-state index in [9.17, 15) is 12.8 Å². The molecule has 1 aliphatic heterocycles. The molecule has 0 saturated carbocycles. The molecule has 3 N–H and O–H groups in total. The number of H-pyrrole nitrogens is 1. The summed E-state index contributed by atoms with van der Waals surface area (Å²) in [6.45, 7) is 6.83. The molecule has 4 rings (SSSR count). The molecule has 0 spiro atoms. The number of nitrogen functional groups attached to an aromatic ring is 1. The average Bonchev–Trinajstić information content (AvgIpc) is 2.96. The Morgan fingerprint density at radius 3 is 2.59 bits per heavy atom. The number of nitrogens with one attached hydrogen (secondary N) is 1. The first-order chi connectivity index (χ1) is 13.7. The number of hydrogen-bond acceptors (Lipinski definition) is 7. The molecule has 0 bridgehead atoms. The molecule has 0 radical (unpaired) electrons. The highest BCUT2D eigenvalue weighted by Gasteiger charge is 2.31. The number of nitrogens with two attached hydrogens (primary N) is 1. The fourth-order valence-electron chi connectivity index (χ4n) is 3.76. The number of aromatic nitrogens is 3. The summed E-state index contributed by atoms with van der Waals surface area (Å²) in [5.74, 6) is 0.280. The molecule has 154 valence electrons. The summed E-state index contributed by atoms with van der Waals surface area (Å²) >= 11 is 0. The van der Waals surface area contributed by atoms with Gasteiger partial charge in [-0.05, 0) is 39.0 Å². The van der Waals surface area contributed by atoms with Crippen LogP contribution in [0.5, 0.6) is 0 Å². The van der Waals surface area contributed by atoms with Crippen LogP contribution in [0.15, 0.2) is 34.1 Å². The van der Waals surface area contributed by atoms with Crippen molar-refractivity contribution >= 4 is 32.5 Å². The lowest BCUT2D eigenvalue weighted by Crippen LogP contribution is -2.46. The van der Waals surface area contributed by atoms with Crippen molar-refractivity contribution in [1.82, 2.24) is 15.0 Å². The smallest absolute Gasteiger partial charge is 0.212 e. The standard InChI is InChI=1S/C19H22FN5O3S/c1-10-8-25(9-11(2)28-10)19-16-15(22-12(3)23-19)17(18(21)24-16)29(26,27)14-6-4-5-13(20)7-14/h4-7,10-11,24H,8-9,21H2,1-3H3/t10-,11-/m1/s1. The van der Waals surface area contributed by atoms with Crippen molar-refractivity contribution in [1.29, 1.82) is 0 Å². The quantitative estimate of drug-likeness (QED) is 0.670. The molecule has 1 saturated heterocycles. The maximum atomic E-state index is 13.7. The number of aromatic amines is 1. The molecule has 8 nitrogen and oxygen atoms in total. The van der Waals surface area contributed by atoms with E-state index in [1.807, 2.05) is 18.7 Å². The highest BCUT2D eigenvalue weighted by molar-refractivity contribution is 7.92. The zero-order valence-electron chi connectivity index (χ0n) is 16.3. The summed E-state index contributed by atoms with van der Waals surface area (Å²) in [5.41, 5.74) is 6.71. The van der Waals surface area contributed by atoms with Crippen molar-refractivity contribution in [3.63, 3.8) is 0 Å². The zero-order valence-corrected chi connectivity index (χ0v) is 17.1. The van der Waals surface area contributed by atoms with E-state index < -0.39 is 15.7 Å². The number of nitrogens with zero attached hydrogens (tertiary/aromatic N) is 3. The van der Waals surface area contributed by atoms with Crippen LogP contribution >= 0.6 is 0 Å². The molecule has 29 heavy (non-hydrogen) atoms. The third kappa shape index (κ3) is 3.42. The Labute approximate surface area is 167 Å². The summed E-state index contributed by atoms with van der Waals surface area (Å²) in [6, 6.07) is 4.82. The molecule has 2 atom stereocenters. The van der Waals surface area contributed by atoms with Gasteiger partial charge in [0, 0.05) is 13.1 Å². The van der Waals surface area contributed by atoms with Crippen LogP contribution in [0.4, 0.5) is 16.0 Å². The van der Waals surface area contributed by atoms with Crippen LogP contribution in [0.2, 0.25) is 0 Å². The molecule has 2 aromatic heterocycles. The Balaban J connectivity index is 1.92. The average molecular weight is 419 g/mol. The molecule has 1 aliphatic rings. The van der Waals surface area contributed by atoms with Gasteiger partial charge in [-0.2, -0.15) is 0 Å². The van der Waals surface area contributed by atoms with E-state index in [0.717, 1.165) is 6.07 Å². The predicted molar refractivity (Wildman–Crippen MR) is 107 cm³/mol. The number of rotatable bonds is 3. The van der Waals surface area contributed by atoms with Gasteiger partial charge in [0.2, 0.25) is 9.84 Å². The first-order valence-electron chi connectivity index (χ1n) is 9.23. The van der Waals surface area contributed by atoms with Gasteiger partial charge in [-0.3, -0.25) is 0 Å². The topological polar surface area (TPSA) is 114 Å². The number of halogens is 1. The minimum Gasteiger partial charge on any atom is -0.384 e. The summed E-state index contributed by atoms with van der Waals surface area (Å²) in [6.07, 6.45) is -0.0150. The summed E-state index contributed by atoms with van der Waals surface area (Å²) in [5, 5.41) is 0. The number of aryl methyl sites for hydroxylation is 1. The van der Waals surface area contributed by atoms with E-state index in [0.29, 0.717) is 30.2 Å². The Kier molecular flexibility index (Phi) is 4.70. The summed E-state index contributed by atoms with van der Waals surface area (Å²) in [4.78, 5) is 13.5. The number of hydrogen-bond donors (Lipinski definition) is 2. The van der Waals surface area contributed by atoms with Crippen LogP contribution in [0.3, 0.4) is 0 Å². The van der Waals surface area contributed by atoms with E-state index in [2.05, 4.69) is 15.0 Å². The van der Waals surface area contributed by atoms with Crippen LogP contribution in [-0.2, 0) is 14.6 Å². The highest BCUT2D eigenvalue weighted by atomic mass is 32.2. The lowest BCUT2D eigenvalue weighted by Gasteiger charge is -2.36. The Morgan fingerprint density at radius 1 is 1.24 bits per heavy atom. The van der Waals surface area contributed by atoms with Gasteiger partial charge >= 0.3 is 0 Å². The van der Waals surface area contributed by atoms with Gasteiger partial charge in [0.15, 0.2) is 5.82 Å². The second-order valence-corrected chi connectivity index (χ2v) is 9.20. The van der Waals surface area contributed by atoms with Gasteiger partial charge in [0.05, 0.1) is 17.1 Å². The molecule has 3 heterocycles. The normalized spacial score (nSPS) is 20.3. The Bertz CT molecular complexity index is 1180. The molecule has 1 aromatic carbocycles. The molecular formula is C19H22FN5O3S. The van der Waals surface area contributed by atoms with E-state index in [4.69, 9.17) is 10.5 Å². The van der Waals surface area contributed by atoms with E-state index in [1.165, 1.54) is 18.2 Å². The molecule has 3 aromatic rings. The van der Waals surface area contributed by atoms with Crippen molar-refractivity contribution in [3.05, 3.63) is 35.9 Å². The molecule has 10 heteroatoms. The van der Waals surface area contributed by atoms with Gasteiger partial charge in [-0.15, -0.1) is 0 Å². The SMILES string of the molecule is Cc1nc(N2C[C@@H](C)O[C@H](C)C2)c2[nH]c(N)c(S(=O)(=O)c3cccc(F)c3)c2n1. The van der Waals surface area contributed by atoms with Crippen LogP contribution < -0.4 is 10.6 Å². The molecule has 0 aliphatic carbocycles. The van der Waals surface area contributed by atoms with Crippen LogP contribution in [0, 0.1) is 12.7 Å². The zero-order chi connectivity index (χ0) is 20.9. The fraction of sp³-hybridized carbons (Fsp3) is 0.368. The fourth-order valence-corrected chi connectivity index (χ4v) is 5.26. The minimum absolute atomic E-state index is 0.00752. The maximum absolute atomic E-state index is 13.7. The highest BCUT2D eigenvalue weighted by Crippen LogP contribution is 2.36. The number of anilines is 2. The molecule has 1 fully saturated rings. The molecule has 0 amide bonds. The Hall–Kier alpha value is -2.72. The third-order valence-electron chi connectivity index (χ3n) is 4.82. The van der Waals surface area contributed by atoms with Gasteiger partial charge in [-0.25, -0.2) is 22.8 Å². The second kappa shape index (κ2) is 6.96. The first kappa shape index (κ1) is 19.6. The summed E-state index contributed by atoms with van der Waals surface area (Å²) in [7, 11) is -4.09. The van der Waals surface area contributed by atoms with Crippen molar-refractivity contribution in [2.45, 2.75) is 42.8 Å². The first-order valence-corrected chi connectivity index (χ1v) is 10.7. The van der Waals surface area contributed by atoms with Gasteiger partial charge in [0.25, 0.3) is 0 Å². The number of benzene rings is 1. The van der Waals surface area contributed by atoms with Crippen LogP contribution in [0.25, 0.3) is 11.0 Å². The van der Waals surface area contributed by atoms with Crippen LogP contribution in [-0.4, -0.2) is 48.7 Å². The van der Waals surface area contributed by atoms with Crippen molar-refractivity contribution in [2.75, 3.05) is 23.7 Å². The monoisotopic (exact) mass is 419 g/mol. The van der Waals surface area contributed by atoms with E-state index in [1.54, 1.807) is 6.92 Å². The maximum Gasteiger partial charge on any atom is 0.212 e.